The van der Waals surface area contributed by atoms with Gasteiger partial charge < -0.3 is 0 Å². The van der Waals surface area contributed by atoms with Crippen LogP contribution in [0, 0.1) is 13.8 Å². The Hall–Kier alpha value is -1.28. The first-order valence-corrected chi connectivity index (χ1v) is 5.89. The lowest BCUT2D eigenvalue weighted by atomic mass is 9.97. The summed E-state index contributed by atoms with van der Waals surface area (Å²) in [5.74, 6) is 0. The van der Waals surface area contributed by atoms with Crippen LogP contribution >= 0.6 is 12.1 Å². The van der Waals surface area contributed by atoms with Gasteiger partial charge in [0.1, 0.15) is 0 Å². The van der Waals surface area contributed by atoms with Gasteiger partial charge in [0.2, 0.25) is 0 Å². The zero-order chi connectivity index (χ0) is 11.5. The quantitative estimate of drug-likeness (QED) is 0.706. The Labute approximate surface area is 99.8 Å². The van der Waals surface area contributed by atoms with Crippen molar-refractivity contribution in [1.82, 2.24) is 0 Å². The molecule has 0 N–H and O–H groups in total. The summed E-state index contributed by atoms with van der Waals surface area (Å²) in [5.41, 5.74) is 4.68. The smallest absolute Gasteiger partial charge is 0.0812 e. The summed E-state index contributed by atoms with van der Waals surface area (Å²) in [6.07, 6.45) is 0. The molecule has 0 heterocycles. The molecule has 2 aromatic rings. The summed E-state index contributed by atoms with van der Waals surface area (Å²) in [5, 5.41) is 0. The minimum Gasteiger partial charge on any atom is -0.160 e. The van der Waals surface area contributed by atoms with Crippen molar-refractivity contribution in [2.75, 3.05) is 0 Å². The van der Waals surface area contributed by atoms with Crippen LogP contribution in [0.5, 0.6) is 0 Å². The molecule has 0 bridgehead atoms. The average molecular weight is 232 g/mol. The molecule has 0 radical (unpaired) electrons. The van der Waals surface area contributed by atoms with Gasteiger partial charge in [-0.3, -0.25) is 0 Å². The van der Waals surface area contributed by atoms with Gasteiger partial charge in [-0.1, -0.05) is 30.3 Å². The van der Waals surface area contributed by atoms with E-state index in [0.717, 1.165) is 5.56 Å². The second-order valence-electron chi connectivity index (χ2n) is 3.87. The molecular formula is C14H13FS. The normalized spacial score (nSPS) is 10.4. The Kier molecular flexibility index (Phi) is 3.30. The lowest BCUT2D eigenvalue weighted by Crippen LogP contribution is -1.86. The molecule has 16 heavy (non-hydrogen) atoms. The molecule has 0 aliphatic carbocycles. The van der Waals surface area contributed by atoms with Crippen LogP contribution in [0.1, 0.15) is 11.1 Å². The number of hydrogen-bond acceptors (Lipinski definition) is 1. The fourth-order valence-corrected chi connectivity index (χ4v) is 2.10. The summed E-state index contributed by atoms with van der Waals surface area (Å²) >= 11 is 0.292. The Bertz CT molecular complexity index is 506. The highest BCUT2D eigenvalue weighted by Gasteiger charge is 2.06. The fourth-order valence-electron chi connectivity index (χ4n) is 1.81. The van der Waals surface area contributed by atoms with Gasteiger partial charge in [-0.25, -0.2) is 0 Å². The maximum atomic E-state index is 12.6. The second-order valence-corrected chi connectivity index (χ2v) is 4.49. The molecule has 0 saturated carbocycles. The second kappa shape index (κ2) is 4.71. The van der Waals surface area contributed by atoms with Gasteiger partial charge >= 0.3 is 0 Å². The van der Waals surface area contributed by atoms with Crippen LogP contribution in [0.3, 0.4) is 0 Å². The largest absolute Gasteiger partial charge is 0.160 e. The van der Waals surface area contributed by atoms with E-state index in [2.05, 4.69) is 26.0 Å². The minimum atomic E-state index is 0.292. The molecule has 0 amide bonds. The van der Waals surface area contributed by atoms with Gasteiger partial charge in [-0.2, -0.15) is 3.89 Å². The summed E-state index contributed by atoms with van der Waals surface area (Å²) in [7, 11) is 0. The van der Waals surface area contributed by atoms with Gasteiger partial charge in [0.15, 0.2) is 0 Å². The number of rotatable bonds is 2. The van der Waals surface area contributed by atoms with Crippen LogP contribution in [0.2, 0.25) is 0 Å². The van der Waals surface area contributed by atoms with Crippen molar-refractivity contribution >= 4 is 12.1 Å². The number of halogens is 1. The molecule has 0 nitrogen and oxygen atoms in total. The third-order valence-corrected chi connectivity index (χ3v) is 3.17. The van der Waals surface area contributed by atoms with E-state index >= 15 is 0 Å². The van der Waals surface area contributed by atoms with Crippen LogP contribution in [-0.4, -0.2) is 0 Å². The van der Waals surface area contributed by atoms with Crippen molar-refractivity contribution in [3.05, 3.63) is 53.6 Å². The van der Waals surface area contributed by atoms with E-state index in [1.54, 1.807) is 0 Å². The van der Waals surface area contributed by atoms with E-state index in [1.165, 1.54) is 16.7 Å². The Morgan fingerprint density at radius 2 is 1.56 bits per heavy atom. The first-order chi connectivity index (χ1) is 7.72. The van der Waals surface area contributed by atoms with Crippen LogP contribution in [-0.2, 0) is 0 Å². The SMILES string of the molecule is Cc1ccccc1-c1cc(SF)ccc1C. The standard InChI is InChI=1S/C14H13FS/c1-10-5-3-4-6-13(10)14-9-12(16-15)8-7-11(14)2/h3-9H,1-2H3. The zero-order valence-electron chi connectivity index (χ0n) is 9.33. The summed E-state index contributed by atoms with van der Waals surface area (Å²) in [6, 6.07) is 13.8. The predicted molar refractivity (Wildman–Crippen MR) is 68.3 cm³/mol. The first kappa shape index (κ1) is 11.2. The molecule has 2 rings (SSSR count). The fraction of sp³-hybridized carbons (Fsp3) is 0.143. The van der Waals surface area contributed by atoms with Crippen LogP contribution < -0.4 is 0 Å². The van der Waals surface area contributed by atoms with Gasteiger partial charge in [0, 0.05) is 4.90 Å². The van der Waals surface area contributed by atoms with Crippen molar-refractivity contribution in [3.63, 3.8) is 0 Å². The first-order valence-electron chi connectivity index (χ1n) is 5.17. The van der Waals surface area contributed by atoms with Crippen molar-refractivity contribution in [3.8, 4) is 11.1 Å². The maximum absolute atomic E-state index is 12.6. The molecule has 2 aromatic carbocycles. The molecular weight excluding hydrogens is 219 g/mol. The van der Waals surface area contributed by atoms with Gasteiger partial charge in [0.05, 0.1) is 12.1 Å². The summed E-state index contributed by atoms with van der Waals surface area (Å²) < 4.78 is 12.6. The van der Waals surface area contributed by atoms with Crippen LogP contribution in [0.4, 0.5) is 3.89 Å². The third kappa shape index (κ3) is 2.12. The van der Waals surface area contributed by atoms with Crippen molar-refractivity contribution in [2.24, 2.45) is 0 Å². The maximum Gasteiger partial charge on any atom is 0.0812 e. The topological polar surface area (TPSA) is 0 Å². The van der Waals surface area contributed by atoms with Gasteiger partial charge in [-0.15, -0.1) is 0 Å². The van der Waals surface area contributed by atoms with E-state index < -0.39 is 0 Å². The molecule has 0 aromatic heterocycles. The van der Waals surface area contributed by atoms with E-state index in [0.29, 0.717) is 17.0 Å². The number of hydrogen-bond donors (Lipinski definition) is 0. The Morgan fingerprint density at radius 3 is 2.25 bits per heavy atom. The number of aryl methyl sites for hydroxylation is 2. The molecule has 0 fully saturated rings. The predicted octanol–water partition coefficient (Wildman–Crippen LogP) is 4.95. The monoisotopic (exact) mass is 232 g/mol. The summed E-state index contributed by atoms with van der Waals surface area (Å²) in [4.78, 5) is 0.656. The molecule has 0 saturated heterocycles. The third-order valence-electron chi connectivity index (χ3n) is 2.73. The molecule has 82 valence electrons. The van der Waals surface area contributed by atoms with Crippen molar-refractivity contribution < 1.29 is 3.89 Å². The lowest BCUT2D eigenvalue weighted by Gasteiger charge is -2.09. The Morgan fingerprint density at radius 1 is 0.875 bits per heavy atom. The zero-order valence-corrected chi connectivity index (χ0v) is 10.1. The van der Waals surface area contributed by atoms with Crippen LogP contribution in [0.15, 0.2) is 47.4 Å². The Balaban J connectivity index is 2.59. The highest BCUT2D eigenvalue weighted by atomic mass is 32.2. The molecule has 2 heteroatoms. The van der Waals surface area contributed by atoms with Gasteiger partial charge in [-0.05, 0) is 48.2 Å². The van der Waals surface area contributed by atoms with Crippen LogP contribution in [0.25, 0.3) is 11.1 Å². The molecule has 0 unspecified atom stereocenters. The highest BCUT2D eigenvalue weighted by molar-refractivity contribution is 7.94. The van der Waals surface area contributed by atoms with Crippen molar-refractivity contribution in [2.45, 2.75) is 18.7 Å². The molecule has 0 aliphatic rings. The summed E-state index contributed by atoms with van der Waals surface area (Å²) in [6.45, 7) is 4.12. The van der Waals surface area contributed by atoms with E-state index in [4.69, 9.17) is 0 Å². The van der Waals surface area contributed by atoms with E-state index in [-0.39, 0.29) is 0 Å². The van der Waals surface area contributed by atoms with Crippen molar-refractivity contribution in [1.29, 1.82) is 0 Å². The van der Waals surface area contributed by atoms with Gasteiger partial charge in [0.25, 0.3) is 0 Å². The molecule has 0 spiro atoms. The molecule has 0 aliphatic heterocycles. The molecule has 0 atom stereocenters. The lowest BCUT2D eigenvalue weighted by molar-refractivity contribution is 0.934. The van der Waals surface area contributed by atoms with E-state index in [1.807, 2.05) is 30.3 Å². The van der Waals surface area contributed by atoms with E-state index in [9.17, 15) is 3.89 Å². The average Bonchev–Trinajstić information content (AvgIpc) is 2.31. The highest BCUT2D eigenvalue weighted by Crippen LogP contribution is 2.30. The minimum absolute atomic E-state index is 0.292. The number of benzene rings is 2.